The lowest BCUT2D eigenvalue weighted by molar-refractivity contribution is -0.123. The first-order valence-electron chi connectivity index (χ1n) is 14.4. The molecule has 0 aromatic heterocycles. The summed E-state index contributed by atoms with van der Waals surface area (Å²) in [6.07, 6.45) is 9.64. The van der Waals surface area contributed by atoms with Crippen LogP contribution in [0.2, 0.25) is 0 Å². The molecule has 0 N–H and O–H groups in total. The Labute approximate surface area is 250 Å². The second-order valence-corrected chi connectivity index (χ2v) is 16.3. The minimum Gasteiger partial charge on any atom is -0.312 e. The Bertz CT molecular complexity index is 1360. The number of sulfonamides is 1. The first kappa shape index (κ1) is 32.0. The van der Waals surface area contributed by atoms with Gasteiger partial charge in [-0.1, -0.05) is 12.1 Å². The zero-order valence-corrected chi connectivity index (χ0v) is 26.8. The molecule has 2 aromatic carbocycles. The van der Waals surface area contributed by atoms with E-state index < -0.39 is 19.9 Å². The molecule has 41 heavy (non-hydrogen) atoms. The van der Waals surface area contributed by atoms with Crippen LogP contribution in [-0.4, -0.2) is 90.0 Å². The number of sulfone groups is 1. The number of likely N-dealkylation sites (tertiary alicyclic amines) is 1. The number of anilines is 1. The first-order valence-corrected chi connectivity index (χ1v) is 19.3. The fourth-order valence-electron chi connectivity index (χ4n) is 5.86. The van der Waals surface area contributed by atoms with Crippen molar-refractivity contribution in [3.05, 3.63) is 54.1 Å². The average Bonchev–Trinajstić information content (AvgIpc) is 2.95. The van der Waals surface area contributed by atoms with Gasteiger partial charge >= 0.3 is 0 Å². The van der Waals surface area contributed by atoms with E-state index in [9.17, 15) is 21.6 Å². The number of benzene rings is 2. The standard InChI is InChI=1S/C30H43N3O5S3/c1-39-28-9-7-27(8-10-28)33(30(34)26-15-21-32(22-16-26)41(3,37)38)18-4-17-31-19-13-25(14-20-31)23-24-5-11-29(12-6-24)40(2,35)36/h5-12,25-26H,4,13-23H2,1-3H3. The monoisotopic (exact) mass is 621 g/mol. The maximum atomic E-state index is 13.7. The molecule has 4 rings (SSSR count). The molecule has 2 fully saturated rings. The van der Waals surface area contributed by atoms with Crippen LogP contribution in [0.5, 0.6) is 0 Å². The topological polar surface area (TPSA) is 95.1 Å². The van der Waals surface area contributed by atoms with Crippen LogP contribution in [0.4, 0.5) is 5.69 Å². The van der Waals surface area contributed by atoms with Crippen LogP contribution in [0, 0.1) is 11.8 Å². The van der Waals surface area contributed by atoms with Crippen molar-refractivity contribution in [2.75, 3.05) is 62.9 Å². The molecule has 2 aromatic rings. The number of nitrogens with zero attached hydrogens (tertiary/aromatic N) is 3. The number of rotatable bonds is 11. The molecule has 0 saturated carbocycles. The number of piperidine rings is 2. The highest BCUT2D eigenvalue weighted by Crippen LogP contribution is 2.27. The smallest absolute Gasteiger partial charge is 0.230 e. The van der Waals surface area contributed by atoms with Gasteiger partial charge in [-0.3, -0.25) is 4.79 Å². The van der Waals surface area contributed by atoms with Crippen molar-refractivity contribution in [2.45, 2.75) is 48.3 Å². The minimum absolute atomic E-state index is 0.0932. The maximum absolute atomic E-state index is 13.7. The molecule has 0 bridgehead atoms. The second kappa shape index (κ2) is 14.0. The van der Waals surface area contributed by atoms with Gasteiger partial charge in [0.15, 0.2) is 9.84 Å². The number of hydrogen-bond donors (Lipinski definition) is 0. The lowest BCUT2D eigenvalue weighted by Crippen LogP contribution is -2.45. The van der Waals surface area contributed by atoms with E-state index in [2.05, 4.69) is 4.90 Å². The highest BCUT2D eigenvalue weighted by Gasteiger charge is 2.32. The van der Waals surface area contributed by atoms with Gasteiger partial charge in [0.1, 0.15) is 0 Å². The fourth-order valence-corrected chi connectivity index (χ4v) is 7.77. The summed E-state index contributed by atoms with van der Waals surface area (Å²) < 4.78 is 48.8. The summed E-state index contributed by atoms with van der Waals surface area (Å²) in [5.41, 5.74) is 2.08. The van der Waals surface area contributed by atoms with Gasteiger partial charge in [-0.05, 0) is 112 Å². The van der Waals surface area contributed by atoms with E-state index in [0.717, 1.165) is 55.9 Å². The lowest BCUT2D eigenvalue weighted by atomic mass is 9.90. The van der Waals surface area contributed by atoms with Gasteiger partial charge < -0.3 is 9.80 Å². The van der Waals surface area contributed by atoms with Crippen LogP contribution in [0.3, 0.4) is 0 Å². The van der Waals surface area contributed by atoms with Crippen molar-refractivity contribution < 1.29 is 21.6 Å². The van der Waals surface area contributed by atoms with Crippen LogP contribution in [0.25, 0.3) is 0 Å². The van der Waals surface area contributed by atoms with Crippen molar-refractivity contribution in [1.29, 1.82) is 0 Å². The van der Waals surface area contributed by atoms with Crippen molar-refractivity contribution in [1.82, 2.24) is 9.21 Å². The molecule has 0 unspecified atom stereocenters. The Hall–Kier alpha value is -1.92. The molecule has 2 saturated heterocycles. The normalized spacial score (nSPS) is 18.4. The molecule has 0 radical (unpaired) electrons. The van der Waals surface area contributed by atoms with E-state index in [-0.39, 0.29) is 11.8 Å². The van der Waals surface area contributed by atoms with Gasteiger partial charge in [0.2, 0.25) is 15.9 Å². The fraction of sp³-hybridized carbons (Fsp3) is 0.567. The first-order chi connectivity index (χ1) is 19.4. The largest absolute Gasteiger partial charge is 0.312 e. The number of carbonyl (C=O) groups excluding carboxylic acids is 1. The molecule has 11 heteroatoms. The zero-order chi connectivity index (χ0) is 29.6. The van der Waals surface area contributed by atoms with Gasteiger partial charge in [-0.2, -0.15) is 0 Å². The third-order valence-electron chi connectivity index (χ3n) is 8.36. The number of hydrogen-bond acceptors (Lipinski definition) is 7. The maximum Gasteiger partial charge on any atom is 0.230 e. The molecule has 1 amide bonds. The summed E-state index contributed by atoms with van der Waals surface area (Å²) in [4.78, 5) is 19.6. The van der Waals surface area contributed by atoms with E-state index in [1.54, 1.807) is 23.9 Å². The Kier molecular flexibility index (Phi) is 11.0. The van der Waals surface area contributed by atoms with E-state index in [4.69, 9.17) is 0 Å². The minimum atomic E-state index is -3.23. The molecule has 2 aliphatic heterocycles. The summed E-state index contributed by atoms with van der Waals surface area (Å²) in [5, 5.41) is 0. The summed E-state index contributed by atoms with van der Waals surface area (Å²) in [6, 6.07) is 15.4. The predicted molar refractivity (Wildman–Crippen MR) is 167 cm³/mol. The highest BCUT2D eigenvalue weighted by atomic mass is 32.2. The van der Waals surface area contributed by atoms with Gasteiger partial charge in [-0.15, -0.1) is 11.8 Å². The van der Waals surface area contributed by atoms with Gasteiger partial charge in [0.05, 0.1) is 11.2 Å². The predicted octanol–water partition coefficient (Wildman–Crippen LogP) is 4.16. The molecule has 0 aliphatic carbocycles. The van der Waals surface area contributed by atoms with Crippen molar-refractivity contribution in [3.63, 3.8) is 0 Å². The Morgan fingerprint density at radius 2 is 1.49 bits per heavy atom. The van der Waals surface area contributed by atoms with Gasteiger partial charge in [-0.25, -0.2) is 21.1 Å². The van der Waals surface area contributed by atoms with Crippen LogP contribution in [0.1, 0.15) is 37.7 Å². The summed E-state index contributed by atoms with van der Waals surface area (Å²) >= 11 is 1.67. The quantitative estimate of drug-likeness (QED) is 0.348. The van der Waals surface area contributed by atoms with Gasteiger partial charge in [0.25, 0.3) is 0 Å². The Balaban J connectivity index is 1.29. The SMILES string of the molecule is CSc1ccc(N(CCCN2CCC(Cc3ccc(S(C)(=O)=O)cc3)CC2)C(=O)C2CCN(S(C)(=O)=O)CC2)cc1. The summed E-state index contributed by atoms with van der Waals surface area (Å²) in [7, 11) is -6.40. The third-order valence-corrected chi connectivity index (χ3v) is 11.5. The number of carbonyl (C=O) groups is 1. The molecular formula is C30H43N3O5S3. The van der Waals surface area contributed by atoms with Crippen LogP contribution >= 0.6 is 11.8 Å². The summed E-state index contributed by atoms with van der Waals surface area (Å²) in [5.74, 6) is 0.507. The average molecular weight is 622 g/mol. The molecular weight excluding hydrogens is 579 g/mol. The Morgan fingerprint density at radius 3 is 2.02 bits per heavy atom. The number of amides is 1. The van der Waals surface area contributed by atoms with Crippen LogP contribution in [0.15, 0.2) is 58.3 Å². The second-order valence-electron chi connectivity index (χ2n) is 11.4. The van der Waals surface area contributed by atoms with Crippen LogP contribution < -0.4 is 4.90 Å². The van der Waals surface area contributed by atoms with Gasteiger partial charge in [0, 0.05) is 42.4 Å². The van der Waals surface area contributed by atoms with Crippen molar-refractivity contribution in [2.24, 2.45) is 11.8 Å². The Morgan fingerprint density at radius 1 is 0.878 bits per heavy atom. The molecule has 2 aliphatic rings. The van der Waals surface area contributed by atoms with E-state index in [1.165, 1.54) is 22.4 Å². The lowest BCUT2D eigenvalue weighted by Gasteiger charge is -2.34. The highest BCUT2D eigenvalue weighted by molar-refractivity contribution is 7.98. The molecule has 8 nitrogen and oxygen atoms in total. The molecule has 2 heterocycles. The van der Waals surface area contributed by atoms with Crippen molar-refractivity contribution >= 4 is 43.2 Å². The molecule has 0 atom stereocenters. The summed E-state index contributed by atoms with van der Waals surface area (Å²) in [6.45, 7) is 4.39. The van der Waals surface area contributed by atoms with E-state index in [0.29, 0.717) is 43.3 Å². The molecule has 0 spiro atoms. The third kappa shape index (κ3) is 9.03. The van der Waals surface area contributed by atoms with E-state index >= 15 is 0 Å². The van der Waals surface area contributed by atoms with Crippen LogP contribution in [-0.2, 0) is 31.1 Å². The van der Waals surface area contributed by atoms with Crippen molar-refractivity contribution in [3.8, 4) is 0 Å². The van der Waals surface area contributed by atoms with E-state index in [1.807, 2.05) is 47.6 Å². The number of thioether (sulfide) groups is 1. The zero-order valence-electron chi connectivity index (χ0n) is 24.4. The molecule has 226 valence electrons.